The van der Waals surface area contributed by atoms with Crippen LogP contribution in [0.2, 0.25) is 0 Å². The third kappa shape index (κ3) is 2.22. The van der Waals surface area contributed by atoms with Gasteiger partial charge >= 0.3 is 0 Å². The van der Waals surface area contributed by atoms with Crippen molar-refractivity contribution in [2.45, 2.75) is 0 Å². The number of hydrogen-bond donors (Lipinski definition) is 2. The van der Waals surface area contributed by atoms with Gasteiger partial charge in [0.2, 0.25) is 0 Å². The van der Waals surface area contributed by atoms with Crippen molar-refractivity contribution in [1.29, 1.82) is 0 Å². The molecule has 0 amide bonds. The molecular weight excluding hydrogens is 346 g/mol. The number of hydrogen-bond acceptors (Lipinski definition) is 3. The predicted octanol–water partition coefficient (Wildman–Crippen LogP) is 3.27. The van der Waals surface area contributed by atoms with Gasteiger partial charge in [-0.05, 0) is 52.4 Å². The smallest absolute Gasteiger partial charge is 0.151 e. The number of ether oxygens (including phenoxy) is 1. The number of nitrogen functional groups attached to an aromatic ring is 2. The number of halogens is 2. The fraction of sp³-hybridized carbons (Fsp3) is 0.0769. The summed E-state index contributed by atoms with van der Waals surface area (Å²) in [4.78, 5) is 0. The lowest BCUT2D eigenvalue weighted by atomic mass is 10.0. The monoisotopic (exact) mass is 358 g/mol. The SMILES string of the molecule is COc1c(-c2ccc(F)cc2I)ccc(N)c1N. The highest BCUT2D eigenvalue weighted by Crippen LogP contribution is 2.39. The summed E-state index contributed by atoms with van der Waals surface area (Å²) in [6.45, 7) is 0. The standard InChI is InChI=1S/C13H12FIN2O/c1-18-13-9(4-5-11(16)12(13)17)8-3-2-7(14)6-10(8)15/h2-6H,16-17H2,1H3. The van der Waals surface area contributed by atoms with Gasteiger partial charge < -0.3 is 16.2 Å². The van der Waals surface area contributed by atoms with E-state index in [1.165, 1.54) is 19.2 Å². The molecule has 0 heterocycles. The first-order chi connectivity index (χ1) is 8.54. The first kappa shape index (κ1) is 12.9. The Morgan fingerprint density at radius 3 is 2.39 bits per heavy atom. The van der Waals surface area contributed by atoms with Gasteiger partial charge in [0.25, 0.3) is 0 Å². The fourth-order valence-electron chi connectivity index (χ4n) is 1.75. The molecule has 0 spiro atoms. The minimum atomic E-state index is -0.273. The lowest BCUT2D eigenvalue weighted by Gasteiger charge is -2.14. The zero-order valence-corrected chi connectivity index (χ0v) is 11.9. The zero-order valence-electron chi connectivity index (χ0n) is 9.71. The lowest BCUT2D eigenvalue weighted by molar-refractivity contribution is 0.419. The first-order valence-electron chi connectivity index (χ1n) is 5.22. The van der Waals surface area contributed by atoms with Gasteiger partial charge in [-0.2, -0.15) is 0 Å². The van der Waals surface area contributed by atoms with Crippen LogP contribution in [0.1, 0.15) is 0 Å². The molecule has 2 aromatic carbocycles. The molecule has 2 rings (SSSR count). The van der Waals surface area contributed by atoms with E-state index in [4.69, 9.17) is 16.2 Å². The average molecular weight is 358 g/mol. The van der Waals surface area contributed by atoms with Crippen LogP contribution >= 0.6 is 22.6 Å². The molecule has 0 radical (unpaired) electrons. The van der Waals surface area contributed by atoms with E-state index in [9.17, 15) is 4.39 Å². The fourth-order valence-corrected chi connectivity index (χ4v) is 2.52. The molecule has 94 valence electrons. The Labute approximate surface area is 118 Å². The number of anilines is 2. The molecule has 0 bridgehead atoms. The van der Waals surface area contributed by atoms with Crippen LogP contribution in [0.5, 0.6) is 5.75 Å². The van der Waals surface area contributed by atoms with Gasteiger partial charge in [-0.1, -0.05) is 6.07 Å². The van der Waals surface area contributed by atoms with E-state index in [1.54, 1.807) is 12.1 Å². The van der Waals surface area contributed by atoms with E-state index in [-0.39, 0.29) is 5.82 Å². The number of rotatable bonds is 2. The van der Waals surface area contributed by atoms with Crippen molar-refractivity contribution in [2.24, 2.45) is 0 Å². The van der Waals surface area contributed by atoms with E-state index in [2.05, 4.69) is 22.6 Å². The normalized spacial score (nSPS) is 10.4. The highest BCUT2D eigenvalue weighted by molar-refractivity contribution is 14.1. The maximum atomic E-state index is 13.1. The van der Waals surface area contributed by atoms with Gasteiger partial charge in [-0.25, -0.2) is 4.39 Å². The minimum absolute atomic E-state index is 0.273. The summed E-state index contributed by atoms with van der Waals surface area (Å²) in [5.41, 5.74) is 14.1. The van der Waals surface area contributed by atoms with Gasteiger partial charge in [0.15, 0.2) is 5.75 Å². The Morgan fingerprint density at radius 1 is 1.11 bits per heavy atom. The van der Waals surface area contributed by atoms with Crippen molar-refractivity contribution in [3.63, 3.8) is 0 Å². The number of benzene rings is 2. The molecule has 0 aliphatic heterocycles. The summed E-state index contributed by atoms with van der Waals surface area (Å²) in [6.07, 6.45) is 0. The van der Waals surface area contributed by atoms with Gasteiger partial charge in [0.1, 0.15) is 5.82 Å². The van der Waals surface area contributed by atoms with Gasteiger partial charge in [0.05, 0.1) is 18.5 Å². The van der Waals surface area contributed by atoms with E-state index in [0.29, 0.717) is 17.1 Å². The number of methoxy groups -OCH3 is 1. The summed E-state index contributed by atoms with van der Waals surface area (Å²) in [6, 6.07) is 8.10. The second kappa shape index (κ2) is 5.01. The summed E-state index contributed by atoms with van der Waals surface area (Å²) in [7, 11) is 1.53. The van der Waals surface area contributed by atoms with Crippen molar-refractivity contribution < 1.29 is 9.13 Å². The summed E-state index contributed by atoms with van der Waals surface area (Å²) >= 11 is 2.08. The van der Waals surface area contributed by atoms with Crippen molar-refractivity contribution in [3.8, 4) is 16.9 Å². The van der Waals surface area contributed by atoms with Gasteiger partial charge in [-0.3, -0.25) is 0 Å². The molecule has 2 aromatic rings. The van der Waals surface area contributed by atoms with Gasteiger partial charge in [-0.15, -0.1) is 0 Å². The highest BCUT2D eigenvalue weighted by atomic mass is 127. The Balaban J connectivity index is 2.67. The third-order valence-corrected chi connectivity index (χ3v) is 3.55. The molecule has 4 N–H and O–H groups in total. The van der Waals surface area contributed by atoms with Crippen LogP contribution < -0.4 is 16.2 Å². The summed E-state index contributed by atoms with van der Waals surface area (Å²) < 4.78 is 19.2. The van der Waals surface area contributed by atoms with E-state index in [0.717, 1.165) is 14.7 Å². The molecule has 0 saturated carbocycles. The Hall–Kier alpha value is -1.50. The molecule has 3 nitrogen and oxygen atoms in total. The Kier molecular flexibility index (Phi) is 3.60. The maximum Gasteiger partial charge on any atom is 0.151 e. The molecule has 0 aromatic heterocycles. The molecular formula is C13H12FIN2O. The predicted molar refractivity (Wildman–Crippen MR) is 79.9 cm³/mol. The Bertz CT molecular complexity index is 602. The minimum Gasteiger partial charge on any atom is -0.494 e. The molecule has 0 atom stereocenters. The second-order valence-electron chi connectivity index (χ2n) is 3.77. The van der Waals surface area contributed by atoms with Crippen LogP contribution in [-0.2, 0) is 0 Å². The highest BCUT2D eigenvalue weighted by Gasteiger charge is 2.14. The van der Waals surface area contributed by atoms with Crippen molar-refractivity contribution in [1.82, 2.24) is 0 Å². The van der Waals surface area contributed by atoms with Crippen molar-refractivity contribution in [3.05, 3.63) is 39.7 Å². The average Bonchev–Trinajstić information content (AvgIpc) is 2.33. The van der Waals surface area contributed by atoms with E-state index in [1.807, 2.05) is 6.07 Å². The van der Waals surface area contributed by atoms with Crippen LogP contribution in [0.25, 0.3) is 11.1 Å². The van der Waals surface area contributed by atoms with Crippen molar-refractivity contribution >= 4 is 34.0 Å². The van der Waals surface area contributed by atoms with Crippen LogP contribution in [-0.4, -0.2) is 7.11 Å². The maximum absolute atomic E-state index is 13.1. The Morgan fingerprint density at radius 2 is 1.78 bits per heavy atom. The van der Waals surface area contributed by atoms with Crippen molar-refractivity contribution in [2.75, 3.05) is 18.6 Å². The third-order valence-electron chi connectivity index (χ3n) is 2.66. The molecule has 0 aliphatic carbocycles. The zero-order chi connectivity index (χ0) is 13.3. The summed E-state index contributed by atoms with van der Waals surface area (Å²) in [5, 5.41) is 0. The topological polar surface area (TPSA) is 61.3 Å². The number of nitrogens with two attached hydrogens (primary N) is 2. The molecule has 18 heavy (non-hydrogen) atoms. The molecule has 0 saturated heterocycles. The molecule has 0 fully saturated rings. The van der Waals surface area contributed by atoms with Crippen LogP contribution in [0.15, 0.2) is 30.3 Å². The van der Waals surface area contributed by atoms with Gasteiger partial charge in [0, 0.05) is 9.13 Å². The van der Waals surface area contributed by atoms with E-state index < -0.39 is 0 Å². The van der Waals surface area contributed by atoms with Crippen LogP contribution in [0.3, 0.4) is 0 Å². The molecule has 5 heteroatoms. The largest absolute Gasteiger partial charge is 0.494 e. The van der Waals surface area contributed by atoms with Crippen LogP contribution in [0, 0.1) is 9.39 Å². The summed E-state index contributed by atoms with van der Waals surface area (Å²) in [5.74, 6) is 0.241. The quantitative estimate of drug-likeness (QED) is 0.640. The van der Waals surface area contributed by atoms with E-state index >= 15 is 0 Å². The first-order valence-corrected chi connectivity index (χ1v) is 6.30. The molecule has 0 aliphatic rings. The lowest BCUT2D eigenvalue weighted by Crippen LogP contribution is -2.00. The second-order valence-corrected chi connectivity index (χ2v) is 4.94. The molecule has 0 unspecified atom stereocenters. The van der Waals surface area contributed by atoms with Crippen LogP contribution in [0.4, 0.5) is 15.8 Å².